The molecule has 1 heterocycles. The number of benzene rings is 2. The van der Waals surface area contributed by atoms with Crippen LogP contribution in [0.3, 0.4) is 0 Å². The summed E-state index contributed by atoms with van der Waals surface area (Å²) in [7, 11) is 0. The zero-order valence-electron chi connectivity index (χ0n) is 12.4. The molecule has 22 heavy (non-hydrogen) atoms. The third-order valence-corrected chi connectivity index (χ3v) is 3.81. The summed E-state index contributed by atoms with van der Waals surface area (Å²) in [4.78, 5) is 4.14. The molecular formula is C17H18F2IrN2. The molecule has 2 aromatic carbocycles. The Kier molecular flexibility index (Phi) is 5.54. The van der Waals surface area contributed by atoms with Gasteiger partial charge in [-0.25, -0.2) is 8.78 Å². The number of fused-ring (bicyclic) bond motifs is 1. The van der Waals surface area contributed by atoms with Crippen molar-refractivity contribution in [3.05, 3.63) is 54.1 Å². The van der Waals surface area contributed by atoms with Crippen molar-refractivity contribution >= 4 is 17.1 Å². The van der Waals surface area contributed by atoms with E-state index in [0.29, 0.717) is 12.4 Å². The van der Waals surface area contributed by atoms with E-state index in [2.05, 4.69) is 11.8 Å². The summed E-state index contributed by atoms with van der Waals surface area (Å²) in [6.07, 6.45) is 2.21. The molecule has 0 saturated heterocycles. The van der Waals surface area contributed by atoms with Crippen LogP contribution in [0.2, 0.25) is 0 Å². The minimum atomic E-state index is -0.549. The molecule has 0 amide bonds. The SMILES string of the molecule is CCCCN1CN(c2ccc(F)cc2F)c2ccccc21.[Ir]. The van der Waals surface area contributed by atoms with E-state index < -0.39 is 11.6 Å². The third kappa shape index (κ3) is 3.16. The van der Waals surface area contributed by atoms with Gasteiger partial charge in [-0.1, -0.05) is 25.5 Å². The number of halogens is 2. The van der Waals surface area contributed by atoms with Crippen LogP contribution >= 0.6 is 0 Å². The van der Waals surface area contributed by atoms with Gasteiger partial charge in [-0.2, -0.15) is 0 Å². The normalized spacial score (nSPS) is 13.0. The van der Waals surface area contributed by atoms with E-state index in [4.69, 9.17) is 0 Å². The maximum Gasteiger partial charge on any atom is 0.149 e. The molecule has 0 spiro atoms. The van der Waals surface area contributed by atoms with E-state index in [1.54, 1.807) is 0 Å². The van der Waals surface area contributed by atoms with Crippen LogP contribution in [0.4, 0.5) is 25.8 Å². The monoisotopic (exact) mass is 481 g/mol. The van der Waals surface area contributed by atoms with Crippen molar-refractivity contribution in [1.29, 1.82) is 0 Å². The van der Waals surface area contributed by atoms with Crippen LogP contribution in [0, 0.1) is 11.6 Å². The Bertz CT molecular complexity index is 648. The van der Waals surface area contributed by atoms with Crippen molar-refractivity contribution in [2.75, 3.05) is 23.0 Å². The molecule has 3 rings (SSSR count). The van der Waals surface area contributed by atoms with Gasteiger partial charge < -0.3 is 9.80 Å². The van der Waals surface area contributed by atoms with Crippen LogP contribution in [0.5, 0.6) is 0 Å². The second kappa shape index (κ2) is 7.21. The summed E-state index contributed by atoms with van der Waals surface area (Å²) in [5.41, 5.74) is 2.50. The van der Waals surface area contributed by atoms with Crippen molar-refractivity contribution in [2.45, 2.75) is 19.8 Å². The second-order valence-corrected chi connectivity index (χ2v) is 5.27. The van der Waals surface area contributed by atoms with Crippen LogP contribution in [0.15, 0.2) is 42.5 Å². The van der Waals surface area contributed by atoms with Crippen LogP contribution in [-0.4, -0.2) is 13.2 Å². The van der Waals surface area contributed by atoms with E-state index in [1.165, 1.54) is 12.1 Å². The zero-order chi connectivity index (χ0) is 14.8. The summed E-state index contributed by atoms with van der Waals surface area (Å²) in [5.74, 6) is -1.08. The number of para-hydroxylation sites is 2. The van der Waals surface area contributed by atoms with Crippen molar-refractivity contribution in [1.82, 2.24) is 0 Å². The van der Waals surface area contributed by atoms with Gasteiger partial charge in [-0.15, -0.1) is 0 Å². The van der Waals surface area contributed by atoms with Crippen molar-refractivity contribution in [3.63, 3.8) is 0 Å². The smallest absolute Gasteiger partial charge is 0.149 e. The van der Waals surface area contributed by atoms with Crippen molar-refractivity contribution < 1.29 is 28.9 Å². The average molecular weight is 481 g/mol. The number of hydrogen-bond acceptors (Lipinski definition) is 2. The Morgan fingerprint density at radius 2 is 1.73 bits per heavy atom. The van der Waals surface area contributed by atoms with Gasteiger partial charge in [0.25, 0.3) is 0 Å². The van der Waals surface area contributed by atoms with Gasteiger partial charge in [0, 0.05) is 32.7 Å². The first-order valence-corrected chi connectivity index (χ1v) is 7.27. The first-order valence-electron chi connectivity index (χ1n) is 7.27. The quantitative estimate of drug-likeness (QED) is 0.627. The minimum Gasteiger partial charge on any atom is -0.352 e. The van der Waals surface area contributed by atoms with Crippen LogP contribution in [0.25, 0.3) is 0 Å². The fraction of sp³-hybridized carbons (Fsp3) is 0.294. The van der Waals surface area contributed by atoms with E-state index in [9.17, 15) is 8.78 Å². The molecule has 2 aromatic rings. The maximum atomic E-state index is 14.1. The summed E-state index contributed by atoms with van der Waals surface area (Å²) < 4.78 is 27.2. The third-order valence-electron chi connectivity index (χ3n) is 3.81. The average Bonchev–Trinajstić information content (AvgIpc) is 2.84. The summed E-state index contributed by atoms with van der Waals surface area (Å²) >= 11 is 0. The molecule has 0 fully saturated rings. The Morgan fingerprint density at radius 1 is 1.00 bits per heavy atom. The fourth-order valence-corrected chi connectivity index (χ4v) is 2.73. The topological polar surface area (TPSA) is 6.48 Å². The van der Waals surface area contributed by atoms with E-state index >= 15 is 0 Å². The molecule has 0 aromatic heterocycles. The van der Waals surface area contributed by atoms with Gasteiger partial charge in [0.05, 0.1) is 23.7 Å². The summed E-state index contributed by atoms with van der Waals surface area (Å²) in [6, 6.07) is 11.7. The number of anilines is 3. The second-order valence-electron chi connectivity index (χ2n) is 5.27. The molecule has 0 unspecified atom stereocenters. The molecule has 0 saturated carbocycles. The largest absolute Gasteiger partial charge is 0.352 e. The molecule has 0 bridgehead atoms. The molecule has 119 valence electrons. The molecular weight excluding hydrogens is 462 g/mol. The van der Waals surface area contributed by atoms with Crippen LogP contribution in [0.1, 0.15) is 19.8 Å². The predicted octanol–water partition coefficient (Wildman–Crippen LogP) is 4.68. The van der Waals surface area contributed by atoms with E-state index in [1.807, 2.05) is 29.2 Å². The Balaban J connectivity index is 0.00000176. The molecule has 0 aliphatic carbocycles. The Hall–Kier alpha value is -1.45. The molecule has 2 nitrogen and oxygen atoms in total. The van der Waals surface area contributed by atoms with E-state index in [-0.39, 0.29) is 20.1 Å². The fourth-order valence-electron chi connectivity index (χ4n) is 2.73. The number of rotatable bonds is 4. The van der Waals surface area contributed by atoms with Crippen molar-refractivity contribution in [3.8, 4) is 0 Å². The molecule has 0 atom stereocenters. The Morgan fingerprint density at radius 3 is 2.41 bits per heavy atom. The molecule has 1 aliphatic rings. The standard InChI is InChI=1S/C17H18F2N2.Ir/c1-2-3-10-20-12-21(17-7-5-4-6-16(17)20)15-9-8-13(18)11-14(15)19;/h4-9,11H,2-3,10,12H2,1H3;. The van der Waals surface area contributed by atoms with Crippen LogP contribution in [-0.2, 0) is 20.1 Å². The van der Waals surface area contributed by atoms with Gasteiger partial charge in [-0.3, -0.25) is 0 Å². The first-order chi connectivity index (χ1) is 10.2. The van der Waals surface area contributed by atoms with Gasteiger partial charge in [-0.05, 0) is 30.7 Å². The number of nitrogens with zero attached hydrogens (tertiary/aromatic N) is 2. The van der Waals surface area contributed by atoms with E-state index in [0.717, 1.165) is 36.8 Å². The molecule has 5 heteroatoms. The minimum absolute atomic E-state index is 0. The summed E-state index contributed by atoms with van der Waals surface area (Å²) in [6.45, 7) is 3.69. The number of hydrogen-bond donors (Lipinski definition) is 0. The van der Waals surface area contributed by atoms with Crippen molar-refractivity contribution in [2.24, 2.45) is 0 Å². The van der Waals surface area contributed by atoms with Gasteiger partial charge in [0.2, 0.25) is 0 Å². The van der Waals surface area contributed by atoms with Crippen LogP contribution < -0.4 is 9.80 Å². The first kappa shape index (κ1) is 16.9. The molecule has 1 aliphatic heterocycles. The van der Waals surface area contributed by atoms with Gasteiger partial charge in [0.1, 0.15) is 11.6 Å². The summed E-state index contributed by atoms with van der Waals surface area (Å²) in [5, 5.41) is 0. The zero-order valence-corrected chi connectivity index (χ0v) is 14.7. The number of unbranched alkanes of at least 4 members (excludes halogenated alkanes) is 1. The maximum absolute atomic E-state index is 14.1. The molecule has 1 radical (unpaired) electrons. The van der Waals surface area contributed by atoms with Gasteiger partial charge in [0.15, 0.2) is 0 Å². The molecule has 0 N–H and O–H groups in total. The van der Waals surface area contributed by atoms with Gasteiger partial charge >= 0.3 is 0 Å². The predicted molar refractivity (Wildman–Crippen MR) is 82.1 cm³/mol. The Labute approximate surface area is 143 Å².